The molecule has 0 spiro atoms. The molecule has 6 aliphatic heterocycles. The van der Waals surface area contributed by atoms with Crippen molar-refractivity contribution >= 4 is 99.6 Å². The lowest BCUT2D eigenvalue weighted by Crippen LogP contribution is -2.58. The third kappa shape index (κ3) is 17.3. The molecule has 16 rings (SSSR count). The van der Waals surface area contributed by atoms with Crippen LogP contribution in [0.2, 0.25) is 20.1 Å². The fraction of sp³-hybridized carbons (Fsp3) is 0.612. The van der Waals surface area contributed by atoms with Gasteiger partial charge < -0.3 is 60.7 Å². The number of aliphatic carboxylic acids is 3. The van der Waals surface area contributed by atoms with Crippen LogP contribution in [0.25, 0.3) is 0 Å². The summed E-state index contributed by atoms with van der Waals surface area (Å²) in [4.78, 5) is 78.0. The van der Waals surface area contributed by atoms with Gasteiger partial charge in [0, 0.05) is 115 Å². The van der Waals surface area contributed by atoms with Crippen LogP contribution in [0.5, 0.6) is 0 Å². The average Bonchev–Trinajstić information content (AvgIpc) is 0.965. The summed E-state index contributed by atoms with van der Waals surface area (Å²) in [6, 6.07) is 19.8. The van der Waals surface area contributed by atoms with Crippen LogP contribution in [0.15, 0.2) is 60.8 Å². The molecule has 3 aromatic heterocycles. The quantitative estimate of drug-likeness (QED) is 0.0392. The van der Waals surface area contributed by atoms with E-state index >= 15 is 0 Å². The number of carbonyl (C=O) groups is 3. The van der Waals surface area contributed by atoms with E-state index in [-0.39, 0.29) is 12.1 Å². The second-order valence-corrected chi connectivity index (χ2v) is 36.9. The molecule has 0 amide bonds. The van der Waals surface area contributed by atoms with Gasteiger partial charge in [-0.15, -0.1) is 0 Å². The van der Waals surface area contributed by atoms with Gasteiger partial charge in [-0.05, 0) is 272 Å². The van der Waals surface area contributed by atoms with E-state index in [1.807, 2.05) is 65.0 Å². The van der Waals surface area contributed by atoms with Crippen molar-refractivity contribution in [3.05, 3.63) is 137 Å². The minimum atomic E-state index is -0.657. The number of hydrogen-bond acceptors (Lipinski definition) is 18. The number of aromatic nitrogens is 6. The Morgan fingerprint density at radius 3 is 1.31 bits per heavy atom. The number of aryl methyl sites for hydroxylation is 5. The molecule has 110 heavy (non-hydrogen) atoms. The molecule has 6 aromatic rings. The van der Waals surface area contributed by atoms with Crippen LogP contribution in [0.4, 0.5) is 35.3 Å². The third-order valence-corrected chi connectivity index (χ3v) is 28.2. The molecule has 6 saturated heterocycles. The number of nitrogens with one attached hydrogen (secondary N) is 3. The van der Waals surface area contributed by atoms with Crippen molar-refractivity contribution in [1.82, 2.24) is 44.6 Å². The van der Waals surface area contributed by atoms with Crippen molar-refractivity contribution in [3.8, 4) is 0 Å². The Morgan fingerprint density at radius 1 is 0.473 bits per heavy atom. The summed E-state index contributed by atoms with van der Waals surface area (Å²) in [5.41, 5.74) is 9.51. The highest BCUT2D eigenvalue weighted by Gasteiger charge is 2.53. The van der Waals surface area contributed by atoms with Gasteiger partial charge in [-0.3, -0.25) is 14.4 Å². The number of hydrogen-bond donors (Lipinski definition) is 6. The van der Waals surface area contributed by atoms with Gasteiger partial charge in [0.05, 0.1) is 40.2 Å². The summed E-state index contributed by atoms with van der Waals surface area (Å²) < 4.78 is 0. The number of halogens is 4. The largest absolute Gasteiger partial charge is 0.481 e. The van der Waals surface area contributed by atoms with E-state index in [1.54, 1.807) is 6.20 Å². The van der Waals surface area contributed by atoms with Gasteiger partial charge in [0.25, 0.3) is 0 Å². The molecule has 21 nitrogen and oxygen atoms in total. The summed E-state index contributed by atoms with van der Waals surface area (Å²) in [6.07, 6.45) is 16.9. The van der Waals surface area contributed by atoms with Crippen LogP contribution in [0.1, 0.15) is 186 Å². The molecule has 9 fully saturated rings. The van der Waals surface area contributed by atoms with Crippen molar-refractivity contribution in [1.29, 1.82) is 0 Å². The standard InChI is InChI=1S/C30H40ClN5O2.C29H40ClN5O2.C26H33Cl2N5O2/c1-18-9-10-23(25(31)12-18)19(2)32-27-24-7-4-8-26(24)33-29(34-27)36-16-21(17-36)20-6-5-11-35(15-20)22-13-30(3,14-22)28(37)38;1-17-8-9-24(25(30)11-17)20(4)31-26-18(2)19(3)32-28(33-26)35-15-22(16-35)21-7-6-10-34(14-21)23-12-29(5,13-23)27(36)37;1-16-5-6-17(21(27)8-16)11-29-23-22(28)12-30-25(31-23)33-14-19(15-33)18-4-3-7-32(13-18)20-9-26(2,10-20)24(34)35/h9-10,12,19-22H,4-8,11,13-17H2,1-3H3,(H,37,38)(H,32,33,34);8-9,11,20-23H,6-7,10,12-16H2,1-5H3,(H,36,37)(H,31,32,33);5-6,8,12,18-20H,3-4,7,9-11,13-15H2,1-2H3,(H,34,35)(H,29,30,31). The van der Waals surface area contributed by atoms with Crippen LogP contribution >= 0.6 is 46.4 Å². The van der Waals surface area contributed by atoms with Gasteiger partial charge >= 0.3 is 17.9 Å². The Labute approximate surface area is 669 Å². The van der Waals surface area contributed by atoms with E-state index in [1.165, 1.54) is 49.8 Å². The fourth-order valence-electron chi connectivity index (χ4n) is 19.1. The van der Waals surface area contributed by atoms with E-state index < -0.39 is 34.2 Å². The highest BCUT2D eigenvalue weighted by atomic mass is 35.5. The molecule has 10 aliphatic rings. The molecule has 9 heterocycles. The number of carboxylic acid groups (broad SMARTS) is 3. The molecule has 25 heteroatoms. The minimum Gasteiger partial charge on any atom is -0.481 e. The predicted octanol–water partition coefficient (Wildman–Crippen LogP) is 16.2. The van der Waals surface area contributed by atoms with E-state index in [9.17, 15) is 29.7 Å². The highest BCUT2D eigenvalue weighted by Crippen LogP contribution is 2.49. The first-order chi connectivity index (χ1) is 52.4. The van der Waals surface area contributed by atoms with Crippen molar-refractivity contribution in [2.24, 2.45) is 51.8 Å². The molecular formula is C85H113Cl4N15O6. The predicted molar refractivity (Wildman–Crippen MR) is 439 cm³/mol. The van der Waals surface area contributed by atoms with Gasteiger partial charge in [0.2, 0.25) is 17.8 Å². The molecule has 0 bridgehead atoms. The number of benzene rings is 3. The molecule has 5 unspecified atom stereocenters. The summed E-state index contributed by atoms with van der Waals surface area (Å²) in [5.74, 6) is 6.75. The van der Waals surface area contributed by atoms with E-state index in [0.717, 1.165) is 220 Å². The topological polar surface area (TPSA) is 245 Å². The Bertz CT molecular complexity index is 4360. The maximum Gasteiger partial charge on any atom is 0.309 e. The molecule has 6 N–H and O–H groups in total. The Kier molecular flexibility index (Phi) is 23.9. The average molecular weight is 1580 g/mol. The number of nitrogens with zero attached hydrogens (tertiary/aromatic N) is 12. The fourth-order valence-corrected chi connectivity index (χ4v) is 20.4. The molecule has 0 radical (unpaired) electrons. The first kappa shape index (κ1) is 79.8. The minimum absolute atomic E-state index is 0.0285. The van der Waals surface area contributed by atoms with Gasteiger partial charge in [0.1, 0.15) is 16.7 Å². The third-order valence-electron chi connectivity index (χ3n) is 26.9. The zero-order valence-electron chi connectivity index (χ0n) is 65.9. The maximum atomic E-state index is 11.5. The normalized spacial score (nSPS) is 27.7. The maximum absolute atomic E-state index is 11.5. The van der Waals surface area contributed by atoms with Gasteiger partial charge in [0.15, 0.2) is 5.82 Å². The summed E-state index contributed by atoms with van der Waals surface area (Å²) in [5, 5.41) is 41.7. The number of rotatable bonds is 21. The van der Waals surface area contributed by atoms with Crippen molar-refractivity contribution in [2.75, 3.05) is 109 Å². The van der Waals surface area contributed by atoms with Crippen LogP contribution in [0, 0.1) is 86.4 Å². The van der Waals surface area contributed by atoms with E-state index in [4.69, 9.17) is 71.3 Å². The summed E-state index contributed by atoms with van der Waals surface area (Å²) in [7, 11) is 0. The summed E-state index contributed by atoms with van der Waals surface area (Å²) >= 11 is 25.8. The van der Waals surface area contributed by atoms with Crippen LogP contribution in [-0.2, 0) is 33.8 Å². The molecule has 3 aromatic carbocycles. The van der Waals surface area contributed by atoms with Crippen molar-refractivity contribution in [2.45, 2.75) is 202 Å². The first-order valence-electron chi connectivity index (χ1n) is 40.4. The SMILES string of the molecule is Cc1ccc(C(C)Nc2nc(N3CC(C4CCCN(C5CC(C)(C(=O)O)C5)C4)C3)nc(C)c2C)c(Cl)c1.Cc1ccc(C(C)Nc2nc(N3CC(C4CCCN(C5CC(C)(C(=O)O)C5)C4)C3)nc3c2CCC3)c(Cl)c1.Cc1ccc(CNc2nc(N3CC(C4CCCN(C5CC(C)(C(=O)O)C5)C4)C3)ncc2Cl)c(Cl)c1. The number of anilines is 6. The monoisotopic (exact) mass is 1580 g/mol. The van der Waals surface area contributed by atoms with Crippen LogP contribution < -0.4 is 30.7 Å². The zero-order chi connectivity index (χ0) is 77.8. The highest BCUT2D eigenvalue weighted by molar-refractivity contribution is 6.33. The lowest BCUT2D eigenvalue weighted by molar-refractivity contribution is -0.159. The lowest BCUT2D eigenvalue weighted by atomic mass is 9.65. The number of likely N-dealkylation sites (tertiary alicyclic amines) is 3. The Morgan fingerprint density at radius 2 is 0.873 bits per heavy atom. The van der Waals surface area contributed by atoms with Crippen molar-refractivity contribution < 1.29 is 29.7 Å². The second-order valence-electron chi connectivity index (χ2n) is 35.3. The number of piperidine rings is 3. The van der Waals surface area contributed by atoms with Crippen LogP contribution in [-0.4, -0.2) is 174 Å². The van der Waals surface area contributed by atoms with E-state index in [0.29, 0.717) is 77.0 Å². The molecule has 5 atom stereocenters. The molecule has 4 aliphatic carbocycles. The number of fused-ring (bicyclic) bond motifs is 1. The summed E-state index contributed by atoms with van der Waals surface area (Å²) in [6.45, 7) is 33.1. The Hall–Kier alpha value is -6.85. The first-order valence-corrected chi connectivity index (χ1v) is 42.0. The second kappa shape index (κ2) is 32.9. The van der Waals surface area contributed by atoms with E-state index in [2.05, 4.69) is 109 Å². The Balaban J connectivity index is 0.000000138. The molecular weight excluding hydrogens is 1470 g/mol. The van der Waals surface area contributed by atoms with Crippen LogP contribution in [0.3, 0.4) is 0 Å². The van der Waals surface area contributed by atoms with Gasteiger partial charge in [-0.25, -0.2) is 15.0 Å². The number of carboxylic acids is 3. The van der Waals surface area contributed by atoms with Crippen molar-refractivity contribution in [3.63, 3.8) is 0 Å². The van der Waals surface area contributed by atoms with Gasteiger partial charge in [-0.1, -0.05) is 82.8 Å². The zero-order valence-corrected chi connectivity index (χ0v) is 68.9. The molecule has 592 valence electrons. The lowest BCUT2D eigenvalue weighted by Gasteiger charge is -2.52. The van der Waals surface area contributed by atoms with Gasteiger partial charge in [-0.2, -0.15) is 15.0 Å². The smallest absolute Gasteiger partial charge is 0.309 e. The molecule has 3 saturated carbocycles.